The van der Waals surface area contributed by atoms with Crippen LogP contribution in [0.5, 0.6) is 0 Å². The van der Waals surface area contributed by atoms with E-state index in [4.69, 9.17) is 0 Å². The fraction of sp³-hybridized carbons (Fsp3) is 0.368. The monoisotopic (exact) mass is 285 g/mol. The standard InChI is InChI=1S/C19H24FN/c1-4-17(15-9-7-6-8-10-15)19(21-5-2)18-12-11-16(20)13-14(18)3/h6-13,17,19,21H,4-5H2,1-3H3. The summed E-state index contributed by atoms with van der Waals surface area (Å²) in [5, 5.41) is 3.59. The lowest BCUT2D eigenvalue weighted by atomic mass is 9.83. The second kappa shape index (κ2) is 7.37. The summed E-state index contributed by atoms with van der Waals surface area (Å²) in [6.07, 6.45) is 1.04. The Morgan fingerprint density at radius 2 is 1.76 bits per heavy atom. The van der Waals surface area contributed by atoms with E-state index in [0.717, 1.165) is 18.5 Å². The number of hydrogen-bond acceptors (Lipinski definition) is 1. The third-order valence-corrected chi connectivity index (χ3v) is 4.06. The number of rotatable bonds is 6. The first-order valence-electron chi connectivity index (χ1n) is 7.71. The van der Waals surface area contributed by atoms with Crippen molar-refractivity contribution in [1.82, 2.24) is 5.32 Å². The quantitative estimate of drug-likeness (QED) is 0.789. The summed E-state index contributed by atoms with van der Waals surface area (Å²) in [6, 6.07) is 15.9. The fourth-order valence-corrected chi connectivity index (χ4v) is 3.04. The Labute approximate surface area is 127 Å². The van der Waals surface area contributed by atoms with Crippen LogP contribution >= 0.6 is 0 Å². The number of aryl methyl sites for hydroxylation is 1. The molecule has 2 aromatic carbocycles. The van der Waals surface area contributed by atoms with Gasteiger partial charge in [-0.15, -0.1) is 0 Å². The number of halogens is 1. The van der Waals surface area contributed by atoms with E-state index < -0.39 is 0 Å². The van der Waals surface area contributed by atoms with Gasteiger partial charge >= 0.3 is 0 Å². The second-order valence-electron chi connectivity index (χ2n) is 5.46. The number of benzene rings is 2. The highest BCUT2D eigenvalue weighted by molar-refractivity contribution is 5.34. The molecule has 0 radical (unpaired) electrons. The maximum atomic E-state index is 13.4. The van der Waals surface area contributed by atoms with Crippen LogP contribution in [0.25, 0.3) is 0 Å². The van der Waals surface area contributed by atoms with Gasteiger partial charge in [0.1, 0.15) is 5.82 Å². The van der Waals surface area contributed by atoms with Crippen LogP contribution in [0.4, 0.5) is 4.39 Å². The molecule has 0 aromatic heterocycles. The van der Waals surface area contributed by atoms with Crippen molar-refractivity contribution in [2.75, 3.05) is 6.54 Å². The Balaban J connectivity index is 2.41. The van der Waals surface area contributed by atoms with Crippen LogP contribution in [-0.4, -0.2) is 6.54 Å². The molecule has 1 N–H and O–H groups in total. The van der Waals surface area contributed by atoms with Crippen LogP contribution in [0.15, 0.2) is 48.5 Å². The second-order valence-corrected chi connectivity index (χ2v) is 5.46. The third-order valence-electron chi connectivity index (χ3n) is 4.06. The van der Waals surface area contributed by atoms with Crippen LogP contribution in [0.2, 0.25) is 0 Å². The minimum atomic E-state index is -0.167. The van der Waals surface area contributed by atoms with Crippen LogP contribution in [-0.2, 0) is 0 Å². The first-order valence-corrected chi connectivity index (χ1v) is 7.71. The lowest BCUT2D eigenvalue weighted by Crippen LogP contribution is -2.27. The summed E-state index contributed by atoms with van der Waals surface area (Å²) in [4.78, 5) is 0. The number of likely N-dealkylation sites (N-methyl/N-ethyl adjacent to an activating group) is 1. The lowest BCUT2D eigenvalue weighted by molar-refractivity contribution is 0.443. The van der Waals surface area contributed by atoms with Gasteiger partial charge in [-0.1, -0.05) is 50.2 Å². The molecule has 0 fully saturated rings. The summed E-state index contributed by atoms with van der Waals surface area (Å²) in [7, 11) is 0. The molecule has 2 unspecified atom stereocenters. The van der Waals surface area contributed by atoms with Crippen molar-refractivity contribution in [2.45, 2.75) is 39.2 Å². The molecule has 21 heavy (non-hydrogen) atoms. The average molecular weight is 285 g/mol. The normalized spacial score (nSPS) is 13.9. The van der Waals surface area contributed by atoms with Crippen molar-refractivity contribution in [1.29, 1.82) is 0 Å². The Bertz CT molecular complexity index is 565. The number of hydrogen-bond donors (Lipinski definition) is 1. The van der Waals surface area contributed by atoms with Gasteiger partial charge in [0.15, 0.2) is 0 Å². The SMILES string of the molecule is CCNC(c1ccc(F)cc1C)C(CC)c1ccccc1. The zero-order valence-corrected chi connectivity index (χ0v) is 13.1. The predicted octanol–water partition coefficient (Wildman–Crippen LogP) is 4.98. The highest BCUT2D eigenvalue weighted by Gasteiger charge is 2.23. The Morgan fingerprint density at radius 1 is 1.05 bits per heavy atom. The molecule has 0 saturated heterocycles. The summed E-state index contributed by atoms with van der Waals surface area (Å²) >= 11 is 0. The molecule has 1 nitrogen and oxygen atoms in total. The van der Waals surface area contributed by atoms with Crippen LogP contribution < -0.4 is 5.32 Å². The highest BCUT2D eigenvalue weighted by Crippen LogP contribution is 2.35. The van der Waals surface area contributed by atoms with E-state index in [9.17, 15) is 4.39 Å². The van der Waals surface area contributed by atoms with E-state index in [1.54, 1.807) is 12.1 Å². The van der Waals surface area contributed by atoms with Gasteiger partial charge in [-0.3, -0.25) is 0 Å². The van der Waals surface area contributed by atoms with Gasteiger partial charge in [0, 0.05) is 12.0 Å². The van der Waals surface area contributed by atoms with Crippen LogP contribution in [0.3, 0.4) is 0 Å². The molecule has 0 amide bonds. The summed E-state index contributed by atoms with van der Waals surface area (Å²) < 4.78 is 13.4. The van der Waals surface area contributed by atoms with Gasteiger partial charge in [0.2, 0.25) is 0 Å². The van der Waals surface area contributed by atoms with E-state index in [1.807, 2.05) is 19.1 Å². The third kappa shape index (κ3) is 3.70. The van der Waals surface area contributed by atoms with Crippen molar-refractivity contribution in [2.24, 2.45) is 0 Å². The maximum absolute atomic E-state index is 13.4. The summed E-state index contributed by atoms with van der Waals surface area (Å²) in [5.74, 6) is 0.217. The Kier molecular flexibility index (Phi) is 5.51. The van der Waals surface area contributed by atoms with Gasteiger partial charge < -0.3 is 5.32 Å². The van der Waals surface area contributed by atoms with E-state index >= 15 is 0 Å². The van der Waals surface area contributed by atoms with E-state index in [1.165, 1.54) is 11.1 Å². The topological polar surface area (TPSA) is 12.0 Å². The largest absolute Gasteiger partial charge is 0.310 e. The maximum Gasteiger partial charge on any atom is 0.123 e. The summed E-state index contributed by atoms with van der Waals surface area (Å²) in [5.41, 5.74) is 3.53. The molecule has 0 aliphatic rings. The van der Waals surface area contributed by atoms with Crippen molar-refractivity contribution in [3.05, 3.63) is 71.0 Å². The predicted molar refractivity (Wildman–Crippen MR) is 87.0 cm³/mol. The van der Waals surface area contributed by atoms with E-state index in [2.05, 4.69) is 43.4 Å². The minimum Gasteiger partial charge on any atom is -0.310 e. The molecule has 2 atom stereocenters. The van der Waals surface area contributed by atoms with Crippen LogP contribution in [0, 0.1) is 12.7 Å². The highest BCUT2D eigenvalue weighted by atomic mass is 19.1. The van der Waals surface area contributed by atoms with Crippen molar-refractivity contribution >= 4 is 0 Å². The van der Waals surface area contributed by atoms with Crippen molar-refractivity contribution in [3.63, 3.8) is 0 Å². The van der Waals surface area contributed by atoms with Gasteiger partial charge in [-0.2, -0.15) is 0 Å². The molecule has 0 spiro atoms. The zero-order valence-electron chi connectivity index (χ0n) is 13.1. The zero-order chi connectivity index (χ0) is 15.2. The summed E-state index contributed by atoms with van der Waals surface area (Å²) in [6.45, 7) is 7.20. The number of nitrogens with one attached hydrogen (secondary N) is 1. The minimum absolute atomic E-state index is 0.167. The van der Waals surface area contributed by atoms with Gasteiger partial charge in [0.05, 0.1) is 0 Å². The van der Waals surface area contributed by atoms with Crippen LogP contribution in [0.1, 0.15) is 48.9 Å². The first kappa shape index (κ1) is 15.7. The van der Waals surface area contributed by atoms with Crippen molar-refractivity contribution < 1.29 is 4.39 Å². The van der Waals surface area contributed by atoms with Gasteiger partial charge in [-0.25, -0.2) is 4.39 Å². The molecular weight excluding hydrogens is 261 g/mol. The smallest absolute Gasteiger partial charge is 0.123 e. The van der Waals surface area contributed by atoms with E-state index in [-0.39, 0.29) is 11.9 Å². The molecule has 0 aliphatic carbocycles. The molecule has 0 aliphatic heterocycles. The molecule has 2 aromatic rings. The Hall–Kier alpha value is -1.67. The van der Waals surface area contributed by atoms with Gasteiger partial charge in [-0.05, 0) is 48.7 Å². The molecule has 0 bridgehead atoms. The molecule has 2 heteroatoms. The molecule has 0 saturated carbocycles. The van der Waals surface area contributed by atoms with E-state index in [0.29, 0.717) is 5.92 Å². The molecule has 112 valence electrons. The Morgan fingerprint density at radius 3 is 2.33 bits per heavy atom. The molecule has 2 rings (SSSR count). The fourth-order valence-electron chi connectivity index (χ4n) is 3.04. The van der Waals surface area contributed by atoms with Crippen molar-refractivity contribution in [3.8, 4) is 0 Å². The molecular formula is C19H24FN. The van der Waals surface area contributed by atoms with Gasteiger partial charge in [0.25, 0.3) is 0 Å². The molecule has 0 heterocycles. The average Bonchev–Trinajstić information content (AvgIpc) is 2.48. The lowest BCUT2D eigenvalue weighted by Gasteiger charge is -2.29. The first-order chi connectivity index (χ1) is 10.2.